The summed E-state index contributed by atoms with van der Waals surface area (Å²) in [4.78, 5) is 43.3. The summed E-state index contributed by atoms with van der Waals surface area (Å²) in [7, 11) is 0. The first-order chi connectivity index (χ1) is 14.0. The number of non-ortho nitro benzene ring substituents is 1. The van der Waals surface area contributed by atoms with Gasteiger partial charge in [0.25, 0.3) is 16.9 Å². The number of aromatic nitrogens is 3. The maximum atomic E-state index is 13.3. The van der Waals surface area contributed by atoms with Crippen LogP contribution in [0, 0.1) is 20.2 Å². The van der Waals surface area contributed by atoms with E-state index in [4.69, 9.17) is 0 Å². The van der Waals surface area contributed by atoms with Crippen LogP contribution in [-0.2, 0) is 0 Å². The Morgan fingerprint density at radius 1 is 0.897 bits per heavy atom. The number of hydrogen-bond acceptors (Lipinski definition) is 7. The molecule has 2 aromatic heterocycles. The van der Waals surface area contributed by atoms with E-state index in [1.807, 2.05) is 0 Å². The SMILES string of the molecule is O=c1c2ccc([N+](=O)[O-])cc2nc(-c2ccccn2)n1-c1ccccc1[N+](=O)[O-]. The van der Waals surface area contributed by atoms with Crippen molar-refractivity contribution in [3.63, 3.8) is 0 Å². The van der Waals surface area contributed by atoms with Crippen LogP contribution in [0.15, 0.2) is 71.7 Å². The minimum absolute atomic E-state index is 0.0240. The van der Waals surface area contributed by atoms with Crippen molar-refractivity contribution in [1.29, 1.82) is 0 Å². The lowest BCUT2D eigenvalue weighted by atomic mass is 10.2. The van der Waals surface area contributed by atoms with E-state index in [2.05, 4.69) is 9.97 Å². The van der Waals surface area contributed by atoms with E-state index in [0.717, 1.165) is 4.57 Å². The summed E-state index contributed by atoms with van der Waals surface area (Å²) in [6.07, 6.45) is 1.49. The molecule has 2 aromatic carbocycles. The normalized spacial score (nSPS) is 10.8. The summed E-state index contributed by atoms with van der Waals surface area (Å²) >= 11 is 0. The third-order valence-corrected chi connectivity index (χ3v) is 4.28. The third-order valence-electron chi connectivity index (χ3n) is 4.28. The first kappa shape index (κ1) is 17.9. The summed E-state index contributed by atoms with van der Waals surface area (Å²) < 4.78 is 1.11. The molecule has 0 spiro atoms. The van der Waals surface area contributed by atoms with Gasteiger partial charge < -0.3 is 0 Å². The molecule has 29 heavy (non-hydrogen) atoms. The highest BCUT2D eigenvalue weighted by molar-refractivity contribution is 5.82. The summed E-state index contributed by atoms with van der Waals surface area (Å²) in [6.45, 7) is 0. The highest BCUT2D eigenvalue weighted by Crippen LogP contribution is 2.27. The Morgan fingerprint density at radius 2 is 1.66 bits per heavy atom. The van der Waals surface area contributed by atoms with Crippen molar-refractivity contribution in [2.45, 2.75) is 0 Å². The second-order valence-corrected chi connectivity index (χ2v) is 6.00. The molecule has 0 N–H and O–H groups in total. The first-order valence-electron chi connectivity index (χ1n) is 8.34. The molecule has 0 aliphatic rings. The topological polar surface area (TPSA) is 134 Å². The molecule has 0 saturated carbocycles. The van der Waals surface area contributed by atoms with Crippen LogP contribution in [0.4, 0.5) is 11.4 Å². The number of pyridine rings is 1. The lowest BCUT2D eigenvalue weighted by Crippen LogP contribution is -2.23. The van der Waals surface area contributed by atoms with Gasteiger partial charge in [-0.05, 0) is 24.3 Å². The maximum absolute atomic E-state index is 13.3. The Hall–Kier alpha value is -4.47. The average molecular weight is 389 g/mol. The fraction of sp³-hybridized carbons (Fsp3) is 0. The smallest absolute Gasteiger partial charge is 0.268 e. The number of nitro groups is 2. The van der Waals surface area contributed by atoms with Gasteiger partial charge in [0.05, 0.1) is 20.7 Å². The molecule has 0 aliphatic carbocycles. The molecule has 4 rings (SSSR count). The Kier molecular flexibility index (Phi) is 4.28. The molecule has 10 heteroatoms. The van der Waals surface area contributed by atoms with Crippen molar-refractivity contribution < 1.29 is 9.85 Å². The molecule has 10 nitrogen and oxygen atoms in total. The molecule has 0 amide bonds. The van der Waals surface area contributed by atoms with Crippen LogP contribution in [0.1, 0.15) is 0 Å². The standard InChI is InChI=1S/C19H11N5O5/c25-19-13-9-8-12(23(26)27)11-15(13)21-18(14-5-3-4-10-20-14)22(19)16-6-1-2-7-17(16)24(28)29/h1-11H. The lowest BCUT2D eigenvalue weighted by molar-refractivity contribution is -0.384. The molecule has 2 heterocycles. The van der Waals surface area contributed by atoms with Crippen molar-refractivity contribution in [1.82, 2.24) is 14.5 Å². The van der Waals surface area contributed by atoms with Crippen molar-refractivity contribution in [3.8, 4) is 17.2 Å². The van der Waals surface area contributed by atoms with Gasteiger partial charge in [-0.1, -0.05) is 18.2 Å². The van der Waals surface area contributed by atoms with E-state index in [9.17, 15) is 25.0 Å². The van der Waals surface area contributed by atoms with Crippen molar-refractivity contribution in [2.75, 3.05) is 0 Å². The third kappa shape index (κ3) is 3.08. The molecule has 0 radical (unpaired) electrons. The van der Waals surface area contributed by atoms with Crippen LogP contribution >= 0.6 is 0 Å². The van der Waals surface area contributed by atoms with Crippen LogP contribution < -0.4 is 5.56 Å². The Balaban J connectivity index is 2.15. The predicted octanol–water partition coefficient (Wildman–Crippen LogP) is 3.26. The van der Waals surface area contributed by atoms with Gasteiger partial charge >= 0.3 is 0 Å². The highest BCUT2D eigenvalue weighted by atomic mass is 16.6. The molecule has 0 atom stereocenters. The predicted molar refractivity (Wildman–Crippen MR) is 104 cm³/mol. The molecular weight excluding hydrogens is 378 g/mol. The number of rotatable bonds is 4. The Morgan fingerprint density at radius 3 is 2.34 bits per heavy atom. The quantitative estimate of drug-likeness (QED) is 0.386. The van der Waals surface area contributed by atoms with Crippen molar-refractivity contribution in [2.24, 2.45) is 0 Å². The van der Waals surface area contributed by atoms with E-state index in [1.165, 1.54) is 42.6 Å². The largest absolute Gasteiger partial charge is 0.293 e. The molecule has 0 unspecified atom stereocenters. The number of hydrogen-bond donors (Lipinski definition) is 0. The Labute approximate surface area is 162 Å². The molecule has 0 fully saturated rings. The van der Waals surface area contributed by atoms with E-state index in [-0.39, 0.29) is 39.5 Å². The summed E-state index contributed by atoms with van der Waals surface area (Å²) in [5.41, 5.74) is -0.693. The zero-order valence-electron chi connectivity index (χ0n) is 14.6. The van der Waals surface area contributed by atoms with Gasteiger partial charge in [-0.2, -0.15) is 0 Å². The van der Waals surface area contributed by atoms with Gasteiger partial charge in [0.15, 0.2) is 5.82 Å². The molecule has 142 valence electrons. The minimum atomic E-state index is -0.597. The van der Waals surface area contributed by atoms with E-state index in [0.29, 0.717) is 0 Å². The van der Waals surface area contributed by atoms with Crippen LogP contribution in [0.5, 0.6) is 0 Å². The van der Waals surface area contributed by atoms with Crippen LogP contribution in [0.2, 0.25) is 0 Å². The van der Waals surface area contributed by atoms with Crippen LogP contribution in [0.3, 0.4) is 0 Å². The molecule has 0 saturated heterocycles. The molecule has 4 aromatic rings. The van der Waals surface area contributed by atoms with Crippen LogP contribution in [0.25, 0.3) is 28.1 Å². The second kappa shape index (κ2) is 6.93. The van der Waals surface area contributed by atoms with E-state index >= 15 is 0 Å². The van der Waals surface area contributed by atoms with Crippen molar-refractivity contribution in [3.05, 3.63) is 97.4 Å². The van der Waals surface area contributed by atoms with Gasteiger partial charge in [0.1, 0.15) is 11.4 Å². The zero-order chi connectivity index (χ0) is 20.5. The van der Waals surface area contributed by atoms with E-state index < -0.39 is 15.4 Å². The number of para-hydroxylation sites is 2. The minimum Gasteiger partial charge on any atom is -0.268 e. The highest BCUT2D eigenvalue weighted by Gasteiger charge is 2.22. The number of nitro benzene ring substituents is 2. The van der Waals surface area contributed by atoms with Crippen molar-refractivity contribution >= 4 is 22.3 Å². The van der Waals surface area contributed by atoms with Gasteiger partial charge in [-0.15, -0.1) is 0 Å². The second-order valence-electron chi connectivity index (χ2n) is 6.00. The maximum Gasteiger partial charge on any atom is 0.293 e. The summed E-state index contributed by atoms with van der Waals surface area (Å²) in [5.74, 6) is 0.0397. The monoisotopic (exact) mass is 389 g/mol. The van der Waals surface area contributed by atoms with E-state index in [1.54, 1.807) is 24.3 Å². The van der Waals surface area contributed by atoms with Gasteiger partial charge in [-0.25, -0.2) is 4.98 Å². The fourth-order valence-electron chi connectivity index (χ4n) is 2.99. The molecule has 0 bridgehead atoms. The Bertz CT molecular complexity index is 1330. The number of fused-ring (bicyclic) bond motifs is 1. The summed E-state index contributed by atoms with van der Waals surface area (Å²) in [5, 5.41) is 22.7. The van der Waals surface area contributed by atoms with Gasteiger partial charge in [0.2, 0.25) is 0 Å². The number of benzene rings is 2. The fourth-order valence-corrected chi connectivity index (χ4v) is 2.99. The zero-order valence-corrected chi connectivity index (χ0v) is 14.6. The lowest BCUT2D eigenvalue weighted by Gasteiger charge is -2.13. The van der Waals surface area contributed by atoms with Crippen LogP contribution in [-0.4, -0.2) is 24.4 Å². The van der Waals surface area contributed by atoms with Gasteiger partial charge in [-0.3, -0.25) is 34.6 Å². The molecule has 0 aliphatic heterocycles. The van der Waals surface area contributed by atoms with Gasteiger partial charge in [0, 0.05) is 24.4 Å². The molecular formula is C19H11N5O5. The first-order valence-corrected chi connectivity index (χ1v) is 8.34. The number of nitrogens with zero attached hydrogens (tertiary/aromatic N) is 5. The summed E-state index contributed by atoms with van der Waals surface area (Å²) in [6, 6.07) is 14.4. The average Bonchev–Trinajstić information content (AvgIpc) is 2.73.